The van der Waals surface area contributed by atoms with Crippen LogP contribution in [-0.4, -0.2) is 27.6 Å². The van der Waals surface area contributed by atoms with Crippen molar-refractivity contribution in [3.8, 4) is 0 Å². The smallest absolute Gasteiger partial charge is 0.250 e. The molecule has 26 heavy (non-hydrogen) atoms. The van der Waals surface area contributed by atoms with Crippen molar-refractivity contribution in [2.45, 2.75) is 25.3 Å². The maximum Gasteiger partial charge on any atom is 0.250 e. The van der Waals surface area contributed by atoms with Crippen molar-refractivity contribution in [3.05, 3.63) is 72.1 Å². The molecule has 6 heteroatoms. The van der Waals surface area contributed by atoms with E-state index >= 15 is 0 Å². The summed E-state index contributed by atoms with van der Waals surface area (Å²) in [5.41, 5.74) is 5.29. The number of piperidine rings is 1. The van der Waals surface area contributed by atoms with Crippen LogP contribution in [0.1, 0.15) is 36.4 Å². The molecule has 1 atom stereocenters. The number of carbonyl (C=O) groups excluding carboxylic acids is 1. The van der Waals surface area contributed by atoms with Gasteiger partial charge in [-0.25, -0.2) is 5.01 Å². The number of nitrogens with zero attached hydrogens (tertiary/aromatic N) is 2. The van der Waals surface area contributed by atoms with Crippen LogP contribution >= 0.6 is 12.2 Å². The van der Waals surface area contributed by atoms with Crippen molar-refractivity contribution in [1.82, 2.24) is 20.7 Å². The molecule has 1 aliphatic heterocycles. The zero-order valence-electron chi connectivity index (χ0n) is 14.5. The van der Waals surface area contributed by atoms with Crippen molar-refractivity contribution in [2.24, 2.45) is 0 Å². The molecule has 1 unspecified atom stereocenters. The molecule has 3 rings (SSSR count). The molecule has 134 valence electrons. The monoisotopic (exact) mass is 366 g/mol. The molecule has 0 spiro atoms. The summed E-state index contributed by atoms with van der Waals surface area (Å²) in [6.45, 7) is 0.870. The summed E-state index contributed by atoms with van der Waals surface area (Å²) in [6.07, 6.45) is 10.2. The second kappa shape index (κ2) is 9.22. The second-order valence-corrected chi connectivity index (χ2v) is 6.57. The van der Waals surface area contributed by atoms with E-state index in [0.717, 1.165) is 36.9 Å². The maximum atomic E-state index is 12.1. The minimum atomic E-state index is -0.249. The van der Waals surface area contributed by atoms with Gasteiger partial charge in [-0.15, -0.1) is 0 Å². The van der Waals surface area contributed by atoms with Gasteiger partial charge in [0.2, 0.25) is 5.91 Å². The first kappa shape index (κ1) is 18.2. The van der Waals surface area contributed by atoms with Crippen LogP contribution in [0.4, 0.5) is 0 Å². The summed E-state index contributed by atoms with van der Waals surface area (Å²) in [5.74, 6) is -0.249. The molecule has 1 amide bonds. The van der Waals surface area contributed by atoms with E-state index in [1.54, 1.807) is 12.3 Å². The van der Waals surface area contributed by atoms with Gasteiger partial charge in [0.15, 0.2) is 5.11 Å². The molecule has 1 fully saturated rings. The Hall–Kier alpha value is -2.57. The van der Waals surface area contributed by atoms with Crippen LogP contribution in [-0.2, 0) is 4.79 Å². The summed E-state index contributed by atoms with van der Waals surface area (Å²) >= 11 is 5.31. The minimum absolute atomic E-state index is 0.201. The summed E-state index contributed by atoms with van der Waals surface area (Å²) in [7, 11) is 0. The van der Waals surface area contributed by atoms with Crippen molar-refractivity contribution in [1.29, 1.82) is 0 Å². The van der Waals surface area contributed by atoms with Crippen LogP contribution in [0.5, 0.6) is 0 Å². The number of hydrogen-bond acceptors (Lipinski definition) is 4. The first-order valence-electron chi connectivity index (χ1n) is 8.73. The Morgan fingerprint density at radius 3 is 2.81 bits per heavy atom. The molecule has 1 aromatic heterocycles. The fourth-order valence-corrected chi connectivity index (χ4v) is 3.25. The number of benzene rings is 1. The first-order valence-corrected chi connectivity index (χ1v) is 9.14. The topological polar surface area (TPSA) is 57.3 Å². The Balaban J connectivity index is 1.56. The molecule has 2 aromatic rings. The Morgan fingerprint density at radius 2 is 2.04 bits per heavy atom. The van der Waals surface area contributed by atoms with Gasteiger partial charge in [0, 0.05) is 25.0 Å². The zero-order chi connectivity index (χ0) is 18.2. The molecule has 2 N–H and O–H groups in total. The fraction of sp³-hybridized carbons (Fsp3) is 0.250. The average Bonchev–Trinajstić information content (AvgIpc) is 2.68. The molecule has 1 aromatic carbocycles. The lowest BCUT2D eigenvalue weighted by molar-refractivity contribution is -0.115. The van der Waals surface area contributed by atoms with Gasteiger partial charge in [0.25, 0.3) is 0 Å². The summed E-state index contributed by atoms with van der Waals surface area (Å²) < 4.78 is 0. The number of amides is 1. The second-order valence-electron chi connectivity index (χ2n) is 6.17. The largest absolute Gasteiger partial charge is 0.298 e. The van der Waals surface area contributed by atoms with Gasteiger partial charge in [-0.3, -0.25) is 20.5 Å². The van der Waals surface area contributed by atoms with Gasteiger partial charge in [-0.1, -0.05) is 42.8 Å². The highest BCUT2D eigenvalue weighted by Crippen LogP contribution is 2.28. The normalized spacial score (nSPS) is 17.8. The number of nitrogens with one attached hydrogen (secondary N) is 2. The number of pyridine rings is 1. The molecule has 2 heterocycles. The van der Waals surface area contributed by atoms with Crippen molar-refractivity contribution in [3.63, 3.8) is 0 Å². The number of thiocarbonyl (C=S) groups is 1. The quantitative estimate of drug-likeness (QED) is 0.643. The highest BCUT2D eigenvalue weighted by atomic mass is 32.1. The third-order valence-corrected chi connectivity index (χ3v) is 4.47. The van der Waals surface area contributed by atoms with E-state index < -0.39 is 0 Å². The van der Waals surface area contributed by atoms with Crippen LogP contribution in [0.15, 0.2) is 60.9 Å². The third kappa shape index (κ3) is 5.21. The van der Waals surface area contributed by atoms with E-state index in [1.165, 1.54) is 6.08 Å². The standard InChI is InChI=1S/C20H22N4OS/c25-19(12-11-16-7-2-1-3-8-16)22-20(26)23-24-14-5-4-10-18(24)17-9-6-13-21-15-17/h1-3,6-9,11-13,15,18H,4-5,10,14H2,(H2,22,23,25,26)/b12-11+. The van der Waals surface area contributed by atoms with Crippen molar-refractivity contribution < 1.29 is 4.79 Å². The van der Waals surface area contributed by atoms with E-state index in [4.69, 9.17) is 12.2 Å². The predicted octanol–water partition coefficient (Wildman–Crippen LogP) is 3.23. The lowest BCUT2D eigenvalue weighted by atomic mass is 9.98. The van der Waals surface area contributed by atoms with Crippen LogP contribution in [0.25, 0.3) is 6.08 Å². The summed E-state index contributed by atoms with van der Waals surface area (Å²) in [5, 5.41) is 5.10. The van der Waals surface area contributed by atoms with Crippen LogP contribution in [0, 0.1) is 0 Å². The summed E-state index contributed by atoms with van der Waals surface area (Å²) in [4.78, 5) is 16.3. The SMILES string of the molecule is O=C(/C=C/c1ccccc1)NC(=S)NN1CCCCC1c1cccnc1. The molecule has 0 radical (unpaired) electrons. The van der Waals surface area contributed by atoms with Crippen LogP contribution in [0.2, 0.25) is 0 Å². The lowest BCUT2D eigenvalue weighted by Gasteiger charge is -2.36. The molecule has 0 aliphatic carbocycles. The van der Waals surface area contributed by atoms with Crippen molar-refractivity contribution in [2.75, 3.05) is 6.54 Å². The fourth-order valence-electron chi connectivity index (χ4n) is 3.03. The van der Waals surface area contributed by atoms with Gasteiger partial charge >= 0.3 is 0 Å². The van der Waals surface area contributed by atoms with E-state index in [2.05, 4.69) is 26.8 Å². The van der Waals surface area contributed by atoms with E-state index in [-0.39, 0.29) is 11.9 Å². The molecule has 5 nitrogen and oxygen atoms in total. The average molecular weight is 366 g/mol. The summed E-state index contributed by atoms with van der Waals surface area (Å²) in [6, 6.07) is 13.9. The molecule has 1 saturated heterocycles. The molecular formula is C20H22N4OS. The predicted molar refractivity (Wildman–Crippen MR) is 107 cm³/mol. The van der Waals surface area contributed by atoms with E-state index in [0.29, 0.717) is 5.11 Å². The van der Waals surface area contributed by atoms with Gasteiger partial charge < -0.3 is 0 Å². The molecule has 1 aliphatic rings. The Labute approximate surface area is 159 Å². The van der Waals surface area contributed by atoms with Crippen LogP contribution < -0.4 is 10.7 Å². The van der Waals surface area contributed by atoms with Gasteiger partial charge in [-0.05, 0) is 48.3 Å². The Bertz CT molecular complexity index is 764. The number of hydrazine groups is 1. The van der Waals surface area contributed by atoms with Crippen LogP contribution in [0.3, 0.4) is 0 Å². The Morgan fingerprint density at radius 1 is 1.19 bits per heavy atom. The van der Waals surface area contributed by atoms with Gasteiger partial charge in [0.05, 0.1) is 6.04 Å². The van der Waals surface area contributed by atoms with Gasteiger partial charge in [0.1, 0.15) is 0 Å². The Kier molecular flexibility index (Phi) is 6.46. The van der Waals surface area contributed by atoms with Crippen molar-refractivity contribution >= 4 is 29.3 Å². The molecule has 0 bridgehead atoms. The maximum absolute atomic E-state index is 12.1. The third-order valence-electron chi connectivity index (χ3n) is 4.28. The van der Waals surface area contributed by atoms with Gasteiger partial charge in [-0.2, -0.15) is 0 Å². The van der Waals surface area contributed by atoms with E-state index in [9.17, 15) is 4.79 Å². The number of hydrogen-bond donors (Lipinski definition) is 2. The number of rotatable bonds is 4. The molecule has 0 saturated carbocycles. The highest BCUT2D eigenvalue weighted by molar-refractivity contribution is 7.80. The molecular weight excluding hydrogens is 344 g/mol. The zero-order valence-corrected chi connectivity index (χ0v) is 15.3. The highest BCUT2D eigenvalue weighted by Gasteiger charge is 2.24. The minimum Gasteiger partial charge on any atom is -0.298 e. The number of carbonyl (C=O) groups is 1. The lowest BCUT2D eigenvalue weighted by Crippen LogP contribution is -2.51. The first-order chi connectivity index (χ1) is 12.7. The number of aromatic nitrogens is 1. The van der Waals surface area contributed by atoms with E-state index in [1.807, 2.05) is 42.6 Å².